The number of benzene rings is 1. The number of carboxylic acids is 1. The predicted molar refractivity (Wildman–Crippen MR) is 70.0 cm³/mol. The second-order valence-electron chi connectivity index (χ2n) is 3.52. The lowest BCUT2D eigenvalue weighted by atomic mass is 10.1. The fourth-order valence-corrected chi connectivity index (χ4v) is 1.70. The zero-order valence-electron chi connectivity index (χ0n) is 9.55. The summed E-state index contributed by atoms with van der Waals surface area (Å²) in [6, 6.07) is 7.33. The van der Waals surface area contributed by atoms with Gasteiger partial charge in [0.05, 0.1) is 6.42 Å². The van der Waals surface area contributed by atoms with E-state index in [0.717, 1.165) is 11.1 Å². The van der Waals surface area contributed by atoms with Crippen molar-refractivity contribution in [2.75, 3.05) is 5.75 Å². The van der Waals surface area contributed by atoms with Gasteiger partial charge in [-0.25, -0.2) is 0 Å². The van der Waals surface area contributed by atoms with Crippen LogP contribution in [0, 0.1) is 0 Å². The van der Waals surface area contributed by atoms with E-state index in [-0.39, 0.29) is 11.5 Å². The maximum Gasteiger partial charge on any atom is 0.307 e. The molecule has 0 fully saturated rings. The zero-order chi connectivity index (χ0) is 12.7. The van der Waals surface area contributed by atoms with Gasteiger partial charge in [-0.2, -0.15) is 0 Å². The highest BCUT2D eigenvalue weighted by Gasteiger charge is 1.98. The van der Waals surface area contributed by atoms with Crippen LogP contribution in [0.15, 0.2) is 30.3 Å². The van der Waals surface area contributed by atoms with Gasteiger partial charge in [-0.05, 0) is 11.1 Å². The minimum absolute atomic E-state index is 0.0458. The molecule has 3 nitrogen and oxygen atoms in total. The molecule has 1 N–H and O–H groups in total. The lowest BCUT2D eigenvalue weighted by Gasteiger charge is -1.98. The second-order valence-corrected chi connectivity index (χ2v) is 4.71. The van der Waals surface area contributed by atoms with Crippen molar-refractivity contribution in [3.05, 3.63) is 41.5 Å². The van der Waals surface area contributed by atoms with Gasteiger partial charge in [0.15, 0.2) is 5.12 Å². The van der Waals surface area contributed by atoms with Crippen molar-refractivity contribution in [3.8, 4) is 0 Å². The maximum atomic E-state index is 10.7. The number of hydrogen-bond donors (Lipinski definition) is 1. The molecule has 0 radical (unpaired) electrons. The first-order valence-electron chi connectivity index (χ1n) is 5.18. The monoisotopic (exact) mass is 250 g/mol. The maximum absolute atomic E-state index is 10.7. The molecule has 17 heavy (non-hydrogen) atoms. The number of carbonyl (C=O) groups is 2. The van der Waals surface area contributed by atoms with E-state index < -0.39 is 5.97 Å². The Morgan fingerprint density at radius 3 is 2.47 bits per heavy atom. The summed E-state index contributed by atoms with van der Waals surface area (Å²) < 4.78 is 0. The molecule has 90 valence electrons. The minimum Gasteiger partial charge on any atom is -0.481 e. The molecular weight excluding hydrogens is 236 g/mol. The average molecular weight is 250 g/mol. The number of thioether (sulfide) groups is 1. The van der Waals surface area contributed by atoms with Crippen LogP contribution in [0.5, 0.6) is 0 Å². The molecule has 0 aromatic heterocycles. The van der Waals surface area contributed by atoms with Crippen LogP contribution in [-0.2, 0) is 16.0 Å². The average Bonchev–Trinajstić information content (AvgIpc) is 2.25. The first-order valence-corrected chi connectivity index (χ1v) is 6.17. The first kappa shape index (κ1) is 13.5. The third-order valence-corrected chi connectivity index (χ3v) is 2.79. The van der Waals surface area contributed by atoms with Crippen LogP contribution in [0.4, 0.5) is 0 Å². The van der Waals surface area contributed by atoms with Crippen LogP contribution in [0.2, 0.25) is 0 Å². The Balaban J connectivity index is 2.50. The molecule has 0 saturated heterocycles. The Hall–Kier alpha value is -1.55. The molecule has 0 heterocycles. The summed E-state index contributed by atoms with van der Waals surface area (Å²) >= 11 is 1.26. The topological polar surface area (TPSA) is 54.4 Å². The van der Waals surface area contributed by atoms with Gasteiger partial charge in [-0.15, -0.1) is 0 Å². The van der Waals surface area contributed by atoms with Crippen molar-refractivity contribution >= 4 is 28.9 Å². The van der Waals surface area contributed by atoms with Crippen molar-refractivity contribution in [1.82, 2.24) is 0 Å². The van der Waals surface area contributed by atoms with Crippen molar-refractivity contribution in [2.45, 2.75) is 13.3 Å². The number of rotatable bonds is 5. The van der Waals surface area contributed by atoms with Crippen LogP contribution in [0.25, 0.3) is 6.08 Å². The molecule has 1 aromatic carbocycles. The van der Waals surface area contributed by atoms with Gasteiger partial charge < -0.3 is 5.11 Å². The molecule has 0 saturated carbocycles. The molecule has 0 bridgehead atoms. The van der Waals surface area contributed by atoms with E-state index in [0.29, 0.717) is 5.75 Å². The Bertz CT molecular complexity index is 421. The SMILES string of the molecule is CC(=O)SCC=Cc1ccc(CC(=O)O)cc1. The van der Waals surface area contributed by atoms with Gasteiger partial charge in [-0.3, -0.25) is 9.59 Å². The summed E-state index contributed by atoms with van der Waals surface area (Å²) in [5.41, 5.74) is 1.79. The second kappa shape index (κ2) is 6.91. The normalized spacial score (nSPS) is 10.6. The van der Waals surface area contributed by atoms with Crippen molar-refractivity contribution in [1.29, 1.82) is 0 Å². The summed E-state index contributed by atoms with van der Waals surface area (Å²) in [5, 5.41) is 8.72. The largest absolute Gasteiger partial charge is 0.481 e. The van der Waals surface area contributed by atoms with E-state index in [4.69, 9.17) is 5.11 Å². The van der Waals surface area contributed by atoms with Gasteiger partial charge in [0.25, 0.3) is 0 Å². The highest BCUT2D eigenvalue weighted by Crippen LogP contribution is 2.08. The first-order chi connectivity index (χ1) is 8.08. The van der Waals surface area contributed by atoms with E-state index in [1.54, 1.807) is 19.1 Å². The molecule has 0 aliphatic heterocycles. The summed E-state index contributed by atoms with van der Waals surface area (Å²) in [7, 11) is 0. The van der Waals surface area contributed by atoms with Gasteiger partial charge >= 0.3 is 5.97 Å². The molecule has 0 unspecified atom stereocenters. The van der Waals surface area contributed by atoms with Crippen LogP contribution in [-0.4, -0.2) is 21.9 Å². The fourth-order valence-electron chi connectivity index (χ4n) is 1.27. The van der Waals surface area contributed by atoms with Crippen molar-refractivity contribution in [2.24, 2.45) is 0 Å². The molecule has 0 amide bonds. The predicted octanol–water partition coefficient (Wildman–Crippen LogP) is 2.61. The summed E-state index contributed by atoms with van der Waals surface area (Å²) in [4.78, 5) is 21.2. The Morgan fingerprint density at radius 2 is 1.94 bits per heavy atom. The zero-order valence-corrected chi connectivity index (χ0v) is 10.4. The van der Waals surface area contributed by atoms with Crippen molar-refractivity contribution < 1.29 is 14.7 Å². The highest BCUT2D eigenvalue weighted by molar-refractivity contribution is 8.13. The van der Waals surface area contributed by atoms with Crippen LogP contribution in [0.3, 0.4) is 0 Å². The van der Waals surface area contributed by atoms with E-state index in [9.17, 15) is 9.59 Å². The van der Waals surface area contributed by atoms with E-state index in [1.165, 1.54) is 11.8 Å². The molecular formula is C13H14O3S. The molecule has 0 aliphatic carbocycles. The quantitative estimate of drug-likeness (QED) is 0.872. The Morgan fingerprint density at radius 1 is 1.29 bits per heavy atom. The van der Waals surface area contributed by atoms with Crippen molar-refractivity contribution in [3.63, 3.8) is 0 Å². The summed E-state index contributed by atoms with van der Waals surface area (Å²) in [6.45, 7) is 1.54. The molecule has 0 atom stereocenters. The third-order valence-electron chi connectivity index (χ3n) is 2.03. The summed E-state index contributed by atoms with van der Waals surface area (Å²) in [6.07, 6.45) is 3.88. The Kier molecular flexibility index (Phi) is 5.49. The molecule has 0 aliphatic rings. The van der Waals surface area contributed by atoms with Crippen LogP contribution in [0.1, 0.15) is 18.1 Å². The van der Waals surface area contributed by atoms with Gasteiger partial charge in [0.2, 0.25) is 0 Å². The van der Waals surface area contributed by atoms with E-state index in [1.807, 2.05) is 24.3 Å². The molecule has 1 aromatic rings. The highest BCUT2D eigenvalue weighted by atomic mass is 32.2. The number of hydrogen-bond acceptors (Lipinski definition) is 3. The van der Waals surface area contributed by atoms with Gasteiger partial charge in [0.1, 0.15) is 0 Å². The number of carboxylic acid groups (broad SMARTS) is 1. The lowest BCUT2D eigenvalue weighted by Crippen LogP contribution is -1.99. The smallest absolute Gasteiger partial charge is 0.307 e. The fraction of sp³-hybridized carbons (Fsp3) is 0.231. The Labute approximate surface area is 105 Å². The standard InChI is InChI=1S/C13H14O3S/c1-10(14)17-8-2-3-11-4-6-12(7-5-11)9-13(15)16/h2-7H,8-9H2,1H3,(H,15,16). The van der Waals surface area contributed by atoms with E-state index in [2.05, 4.69) is 0 Å². The molecule has 0 spiro atoms. The molecule has 4 heteroatoms. The lowest BCUT2D eigenvalue weighted by molar-refractivity contribution is -0.136. The summed E-state index contributed by atoms with van der Waals surface area (Å²) in [5.74, 6) is -0.169. The number of carbonyl (C=O) groups excluding carboxylic acids is 1. The van der Waals surface area contributed by atoms with Crippen LogP contribution < -0.4 is 0 Å². The van der Waals surface area contributed by atoms with Gasteiger partial charge in [0, 0.05) is 12.7 Å². The molecule has 1 rings (SSSR count). The third kappa shape index (κ3) is 5.92. The number of aliphatic carboxylic acids is 1. The minimum atomic E-state index is -0.828. The van der Waals surface area contributed by atoms with Gasteiger partial charge in [-0.1, -0.05) is 48.2 Å². The van der Waals surface area contributed by atoms with Crippen LogP contribution >= 0.6 is 11.8 Å². The van der Waals surface area contributed by atoms with E-state index >= 15 is 0 Å².